The molecule has 0 aromatic rings. The summed E-state index contributed by atoms with van der Waals surface area (Å²) in [6.07, 6.45) is 13.2. The van der Waals surface area contributed by atoms with E-state index in [0.29, 0.717) is 34.0 Å². The minimum absolute atomic E-state index is 0.0258. The van der Waals surface area contributed by atoms with Crippen LogP contribution in [0.3, 0.4) is 0 Å². The second-order valence-electron chi connectivity index (χ2n) is 14.9. The molecule has 3 N–H and O–H groups in total. The molecule has 5 fully saturated rings. The highest BCUT2D eigenvalue weighted by atomic mass is 16.5. The van der Waals surface area contributed by atoms with Gasteiger partial charge in [0.1, 0.15) is 0 Å². The standard InChI is InChI=1S/C30H52O3/c1-19(2)8-7-9-20(25(32)33)21-12-14-28(6)23-11-10-22-26(3,4)24(31)13-15-29(22)18-30(23,29)17-16-27(21,28)5/h19-25,31-33H,7-18H2,1-6H3/t20-,21-,22+,23+,24+,27-,28+,29-,30+/m1/s1. The molecule has 0 amide bonds. The molecule has 190 valence electrons. The average Bonchev–Trinajstić information content (AvgIpc) is 3.32. The van der Waals surface area contributed by atoms with E-state index >= 15 is 0 Å². The van der Waals surface area contributed by atoms with E-state index in [1.165, 1.54) is 57.8 Å². The normalized spacial score (nSPS) is 51.0. The van der Waals surface area contributed by atoms with Crippen LogP contribution >= 0.6 is 0 Å². The Bertz CT molecular complexity index is 760. The van der Waals surface area contributed by atoms with E-state index in [0.717, 1.165) is 25.2 Å². The molecule has 5 aliphatic rings. The number of aliphatic hydroxyl groups is 3. The molecule has 0 aliphatic heterocycles. The summed E-state index contributed by atoms with van der Waals surface area (Å²) in [5.41, 5.74) is 1.57. The van der Waals surface area contributed by atoms with Gasteiger partial charge in [0.05, 0.1) is 6.10 Å². The number of fused-ring (bicyclic) bond motifs is 2. The molecular formula is C30H52O3. The third-order valence-corrected chi connectivity index (χ3v) is 13.4. The summed E-state index contributed by atoms with van der Waals surface area (Å²) >= 11 is 0. The quantitative estimate of drug-likeness (QED) is 0.394. The highest BCUT2D eigenvalue weighted by molar-refractivity contribution is 5.30. The van der Waals surface area contributed by atoms with Gasteiger partial charge in [-0.15, -0.1) is 0 Å². The van der Waals surface area contributed by atoms with Crippen LogP contribution in [0.1, 0.15) is 119 Å². The molecule has 2 spiro atoms. The lowest BCUT2D eigenvalue weighted by Crippen LogP contribution is -2.58. The van der Waals surface area contributed by atoms with Gasteiger partial charge in [-0.2, -0.15) is 0 Å². The molecule has 0 unspecified atom stereocenters. The molecule has 0 heterocycles. The molecule has 5 aliphatic carbocycles. The Hall–Kier alpha value is -0.120. The van der Waals surface area contributed by atoms with Crippen LogP contribution in [0.4, 0.5) is 0 Å². The van der Waals surface area contributed by atoms with E-state index in [1.54, 1.807) is 0 Å². The lowest BCUT2D eigenvalue weighted by atomic mass is 9.41. The Balaban J connectivity index is 1.42. The third kappa shape index (κ3) is 3.10. The maximum Gasteiger partial charge on any atom is 0.154 e. The fraction of sp³-hybridized carbons (Fsp3) is 1.00. The maximum absolute atomic E-state index is 10.8. The minimum atomic E-state index is -1.18. The first-order chi connectivity index (χ1) is 15.4. The van der Waals surface area contributed by atoms with Gasteiger partial charge in [-0.3, -0.25) is 0 Å². The van der Waals surface area contributed by atoms with Crippen molar-refractivity contribution in [3.63, 3.8) is 0 Å². The molecule has 5 rings (SSSR count). The number of aliphatic hydroxyl groups excluding tert-OH is 2. The highest BCUT2D eigenvalue weighted by Crippen LogP contribution is 2.89. The van der Waals surface area contributed by atoms with E-state index < -0.39 is 6.29 Å². The van der Waals surface area contributed by atoms with Crippen molar-refractivity contribution in [3.05, 3.63) is 0 Å². The first-order valence-electron chi connectivity index (χ1n) is 14.4. The number of rotatable bonds is 6. The van der Waals surface area contributed by atoms with E-state index in [1.807, 2.05) is 0 Å². The lowest BCUT2D eigenvalue weighted by Gasteiger charge is -2.63. The summed E-state index contributed by atoms with van der Waals surface area (Å²) < 4.78 is 0. The number of hydrogen-bond acceptors (Lipinski definition) is 3. The molecule has 33 heavy (non-hydrogen) atoms. The molecule has 0 saturated heterocycles. The summed E-state index contributed by atoms with van der Waals surface area (Å²) in [7, 11) is 0. The van der Waals surface area contributed by atoms with Crippen LogP contribution in [0.15, 0.2) is 0 Å². The van der Waals surface area contributed by atoms with Gasteiger partial charge in [0.25, 0.3) is 0 Å². The Morgan fingerprint density at radius 2 is 1.42 bits per heavy atom. The monoisotopic (exact) mass is 460 g/mol. The fourth-order valence-electron chi connectivity index (χ4n) is 11.4. The summed E-state index contributed by atoms with van der Waals surface area (Å²) in [4.78, 5) is 0. The zero-order valence-corrected chi connectivity index (χ0v) is 22.4. The average molecular weight is 461 g/mol. The topological polar surface area (TPSA) is 60.7 Å². The molecule has 5 saturated carbocycles. The third-order valence-electron chi connectivity index (χ3n) is 13.4. The second kappa shape index (κ2) is 7.69. The summed E-state index contributed by atoms with van der Waals surface area (Å²) in [6, 6.07) is 0. The summed E-state index contributed by atoms with van der Waals surface area (Å²) in [6.45, 7) is 14.4. The van der Waals surface area contributed by atoms with Crippen LogP contribution in [-0.2, 0) is 0 Å². The van der Waals surface area contributed by atoms with Gasteiger partial charge in [0.15, 0.2) is 6.29 Å². The van der Waals surface area contributed by atoms with E-state index in [-0.39, 0.29) is 22.9 Å². The molecule has 0 radical (unpaired) electrons. The van der Waals surface area contributed by atoms with Gasteiger partial charge in [-0.1, -0.05) is 54.4 Å². The van der Waals surface area contributed by atoms with Crippen molar-refractivity contribution in [1.82, 2.24) is 0 Å². The second-order valence-corrected chi connectivity index (χ2v) is 14.9. The van der Waals surface area contributed by atoms with Crippen molar-refractivity contribution >= 4 is 0 Å². The zero-order valence-electron chi connectivity index (χ0n) is 22.4. The highest BCUT2D eigenvalue weighted by Gasteiger charge is 2.82. The van der Waals surface area contributed by atoms with Crippen LogP contribution < -0.4 is 0 Å². The van der Waals surface area contributed by atoms with E-state index in [4.69, 9.17) is 0 Å². The van der Waals surface area contributed by atoms with E-state index in [2.05, 4.69) is 41.5 Å². The smallest absolute Gasteiger partial charge is 0.154 e. The van der Waals surface area contributed by atoms with Crippen molar-refractivity contribution in [1.29, 1.82) is 0 Å². The predicted molar refractivity (Wildman–Crippen MR) is 133 cm³/mol. The summed E-state index contributed by atoms with van der Waals surface area (Å²) in [5.74, 6) is 2.60. The molecule has 9 atom stereocenters. The Kier molecular flexibility index (Phi) is 5.72. The first kappa shape index (κ1) is 24.6. The largest absolute Gasteiger partial charge is 0.393 e. The van der Waals surface area contributed by atoms with Crippen LogP contribution in [0, 0.1) is 56.7 Å². The fourth-order valence-corrected chi connectivity index (χ4v) is 11.4. The molecule has 3 heteroatoms. The van der Waals surface area contributed by atoms with E-state index in [9.17, 15) is 15.3 Å². The minimum Gasteiger partial charge on any atom is -0.393 e. The molecule has 3 nitrogen and oxygen atoms in total. The van der Waals surface area contributed by atoms with Gasteiger partial charge < -0.3 is 15.3 Å². The van der Waals surface area contributed by atoms with Crippen LogP contribution in [-0.4, -0.2) is 27.7 Å². The Labute approximate surface area is 203 Å². The van der Waals surface area contributed by atoms with Crippen molar-refractivity contribution in [2.24, 2.45) is 56.7 Å². The summed E-state index contributed by atoms with van der Waals surface area (Å²) in [5, 5.41) is 31.8. The van der Waals surface area contributed by atoms with Gasteiger partial charge >= 0.3 is 0 Å². The zero-order chi connectivity index (χ0) is 24.0. The van der Waals surface area contributed by atoms with Crippen LogP contribution in [0.25, 0.3) is 0 Å². The predicted octanol–water partition coefficient (Wildman–Crippen LogP) is 6.54. The lowest BCUT2D eigenvalue weighted by molar-refractivity contribution is -0.175. The molecule has 0 aromatic carbocycles. The van der Waals surface area contributed by atoms with Gasteiger partial charge in [-0.25, -0.2) is 0 Å². The van der Waals surface area contributed by atoms with Crippen molar-refractivity contribution in [2.45, 2.75) is 131 Å². The van der Waals surface area contributed by atoms with Crippen molar-refractivity contribution in [3.8, 4) is 0 Å². The van der Waals surface area contributed by atoms with Crippen molar-refractivity contribution < 1.29 is 15.3 Å². The van der Waals surface area contributed by atoms with Crippen LogP contribution in [0.2, 0.25) is 0 Å². The Morgan fingerprint density at radius 3 is 2.09 bits per heavy atom. The van der Waals surface area contributed by atoms with Gasteiger partial charge in [0.2, 0.25) is 0 Å². The first-order valence-corrected chi connectivity index (χ1v) is 14.4. The van der Waals surface area contributed by atoms with Crippen LogP contribution in [0.5, 0.6) is 0 Å². The molecular weight excluding hydrogens is 408 g/mol. The molecule has 0 bridgehead atoms. The number of hydrogen-bond donors (Lipinski definition) is 3. The van der Waals surface area contributed by atoms with Gasteiger partial charge in [0, 0.05) is 5.92 Å². The SMILES string of the molecule is CC(C)CCC[C@@H](C(O)O)[C@H]1CC[C@@]2(C)[C@@H]3CC[C@H]4C(C)(C)[C@@H](O)CC[C@@]45C[C@@]35CC[C@]12C. The Morgan fingerprint density at radius 1 is 0.758 bits per heavy atom. The van der Waals surface area contributed by atoms with Crippen molar-refractivity contribution in [2.75, 3.05) is 0 Å². The molecule has 0 aromatic heterocycles. The van der Waals surface area contributed by atoms with Gasteiger partial charge in [-0.05, 0) is 115 Å². The maximum atomic E-state index is 10.8.